The fraction of sp³-hybridized carbons (Fsp3) is 0.765. The molecule has 0 aliphatic carbocycles. The highest BCUT2D eigenvalue weighted by Gasteiger charge is 2.34. The van der Waals surface area contributed by atoms with Crippen LogP contribution in [0.2, 0.25) is 0 Å². The standard InChI is InChI=1S/C17H29F3N6O.HI/c1-4-21-15(23-11-16(2,27)14-8-24-25(3)10-14)22-7-13-5-6-26(9-13)12-17(18,19)20;/h8,10,13,27H,4-7,9,11-12H2,1-3H3,(H2,21,22,23);1H. The number of aliphatic hydroxyl groups is 1. The van der Waals surface area contributed by atoms with Gasteiger partial charge in [-0.25, -0.2) is 4.99 Å². The molecule has 3 N–H and O–H groups in total. The van der Waals surface area contributed by atoms with E-state index in [2.05, 4.69) is 20.7 Å². The Hall–Kier alpha value is -1.08. The summed E-state index contributed by atoms with van der Waals surface area (Å²) in [6, 6.07) is 0. The second kappa shape index (κ2) is 10.6. The molecule has 0 radical (unpaired) electrons. The summed E-state index contributed by atoms with van der Waals surface area (Å²) in [5, 5.41) is 20.9. The van der Waals surface area contributed by atoms with Gasteiger partial charge in [0.05, 0.1) is 19.3 Å². The van der Waals surface area contributed by atoms with E-state index in [0.717, 1.165) is 6.42 Å². The molecule has 7 nitrogen and oxygen atoms in total. The van der Waals surface area contributed by atoms with E-state index in [-0.39, 0.29) is 36.4 Å². The molecule has 1 aliphatic heterocycles. The van der Waals surface area contributed by atoms with E-state index in [1.165, 1.54) is 4.90 Å². The predicted octanol–water partition coefficient (Wildman–Crippen LogP) is 1.68. The van der Waals surface area contributed by atoms with Crippen LogP contribution in [-0.4, -0.2) is 71.2 Å². The molecule has 1 fully saturated rings. The molecule has 1 aliphatic rings. The fourth-order valence-electron chi connectivity index (χ4n) is 3.08. The van der Waals surface area contributed by atoms with Crippen LogP contribution in [0.25, 0.3) is 0 Å². The largest absolute Gasteiger partial charge is 0.401 e. The minimum atomic E-state index is -4.16. The first-order valence-electron chi connectivity index (χ1n) is 9.12. The zero-order valence-corrected chi connectivity index (χ0v) is 18.8. The molecule has 11 heteroatoms. The van der Waals surface area contributed by atoms with Gasteiger partial charge >= 0.3 is 6.18 Å². The molecule has 2 heterocycles. The Morgan fingerprint density at radius 3 is 2.68 bits per heavy atom. The molecule has 1 aromatic rings. The maximum absolute atomic E-state index is 12.5. The average molecular weight is 518 g/mol. The molecule has 0 aromatic carbocycles. The van der Waals surface area contributed by atoms with E-state index in [1.807, 2.05) is 6.92 Å². The molecule has 2 unspecified atom stereocenters. The number of aryl methyl sites for hydroxylation is 1. The second-order valence-corrected chi connectivity index (χ2v) is 7.26. The van der Waals surface area contributed by atoms with E-state index in [9.17, 15) is 18.3 Å². The van der Waals surface area contributed by atoms with Crippen LogP contribution in [0.15, 0.2) is 17.4 Å². The van der Waals surface area contributed by atoms with E-state index < -0.39 is 18.3 Å². The van der Waals surface area contributed by atoms with Crippen molar-refractivity contribution in [3.8, 4) is 0 Å². The van der Waals surface area contributed by atoms with Gasteiger partial charge in [-0.15, -0.1) is 24.0 Å². The normalized spacial score (nSPS) is 20.5. The van der Waals surface area contributed by atoms with Crippen molar-refractivity contribution >= 4 is 29.9 Å². The van der Waals surface area contributed by atoms with Crippen molar-refractivity contribution in [2.24, 2.45) is 18.0 Å². The van der Waals surface area contributed by atoms with E-state index in [1.54, 1.807) is 31.0 Å². The number of nitrogens with zero attached hydrogens (tertiary/aromatic N) is 4. The number of rotatable bonds is 7. The van der Waals surface area contributed by atoms with Crippen molar-refractivity contribution in [2.45, 2.75) is 32.0 Å². The van der Waals surface area contributed by atoms with Gasteiger partial charge in [-0.3, -0.25) is 9.58 Å². The third-order valence-corrected chi connectivity index (χ3v) is 4.55. The summed E-state index contributed by atoms with van der Waals surface area (Å²) in [5.41, 5.74) is -0.490. The van der Waals surface area contributed by atoms with Crippen molar-refractivity contribution in [3.05, 3.63) is 18.0 Å². The topological polar surface area (TPSA) is 77.7 Å². The Morgan fingerprint density at radius 2 is 2.11 bits per heavy atom. The summed E-state index contributed by atoms with van der Waals surface area (Å²) < 4.78 is 39.1. The van der Waals surface area contributed by atoms with Gasteiger partial charge in [0.25, 0.3) is 0 Å². The Kier molecular flexibility index (Phi) is 9.47. The summed E-state index contributed by atoms with van der Waals surface area (Å²) in [6.45, 7) is 4.93. The highest BCUT2D eigenvalue weighted by Crippen LogP contribution is 2.22. The molecule has 0 bridgehead atoms. The Balaban J connectivity index is 0.00000392. The molecule has 2 rings (SSSR count). The van der Waals surface area contributed by atoms with Crippen LogP contribution < -0.4 is 10.6 Å². The van der Waals surface area contributed by atoms with E-state index in [0.29, 0.717) is 37.7 Å². The van der Waals surface area contributed by atoms with E-state index in [4.69, 9.17) is 0 Å². The quantitative estimate of drug-likeness (QED) is 0.291. The van der Waals surface area contributed by atoms with Crippen molar-refractivity contribution in [1.82, 2.24) is 25.3 Å². The van der Waals surface area contributed by atoms with Gasteiger partial charge in [-0.1, -0.05) is 0 Å². The van der Waals surface area contributed by atoms with Crippen LogP contribution in [0, 0.1) is 5.92 Å². The van der Waals surface area contributed by atoms with Gasteiger partial charge in [0.1, 0.15) is 5.60 Å². The van der Waals surface area contributed by atoms with Crippen LogP contribution in [0.1, 0.15) is 25.8 Å². The maximum Gasteiger partial charge on any atom is 0.401 e. The lowest BCUT2D eigenvalue weighted by atomic mass is 10.0. The second-order valence-electron chi connectivity index (χ2n) is 7.26. The first kappa shape index (κ1) is 25.0. The zero-order chi connectivity index (χ0) is 20.1. The highest BCUT2D eigenvalue weighted by atomic mass is 127. The minimum Gasteiger partial charge on any atom is -0.383 e. The number of hydrogen-bond acceptors (Lipinski definition) is 4. The first-order valence-corrected chi connectivity index (χ1v) is 9.12. The van der Waals surface area contributed by atoms with Crippen LogP contribution >= 0.6 is 24.0 Å². The number of nitrogens with one attached hydrogen (secondary N) is 2. The smallest absolute Gasteiger partial charge is 0.383 e. The van der Waals surface area contributed by atoms with Crippen molar-refractivity contribution in [2.75, 3.05) is 39.3 Å². The third kappa shape index (κ3) is 8.11. The molecule has 2 atom stereocenters. The number of hydrogen-bond donors (Lipinski definition) is 3. The van der Waals surface area contributed by atoms with Gasteiger partial charge in [-0.05, 0) is 32.7 Å². The monoisotopic (exact) mass is 518 g/mol. The number of aromatic nitrogens is 2. The van der Waals surface area contributed by atoms with Gasteiger partial charge in [0, 0.05) is 38.4 Å². The molecule has 1 saturated heterocycles. The summed E-state index contributed by atoms with van der Waals surface area (Å²) in [7, 11) is 1.78. The van der Waals surface area contributed by atoms with Crippen molar-refractivity contribution in [3.63, 3.8) is 0 Å². The SMILES string of the molecule is CCNC(=NCC(C)(O)c1cnn(C)c1)NCC1CCN(CC(F)(F)F)C1.I. The van der Waals surface area contributed by atoms with Crippen molar-refractivity contribution < 1.29 is 18.3 Å². The lowest BCUT2D eigenvalue weighted by Gasteiger charge is -2.21. The molecule has 162 valence electrons. The Morgan fingerprint density at radius 1 is 1.39 bits per heavy atom. The summed E-state index contributed by atoms with van der Waals surface area (Å²) in [5.74, 6) is 0.672. The van der Waals surface area contributed by atoms with Crippen LogP contribution in [0.4, 0.5) is 13.2 Å². The number of alkyl halides is 3. The molecule has 0 amide bonds. The van der Waals surface area contributed by atoms with Crippen LogP contribution in [-0.2, 0) is 12.6 Å². The van der Waals surface area contributed by atoms with Gasteiger partial charge < -0.3 is 15.7 Å². The van der Waals surface area contributed by atoms with Gasteiger partial charge in [-0.2, -0.15) is 18.3 Å². The fourth-order valence-corrected chi connectivity index (χ4v) is 3.08. The number of likely N-dealkylation sites (tertiary alicyclic amines) is 1. The van der Waals surface area contributed by atoms with Crippen LogP contribution in [0.5, 0.6) is 0 Å². The molecular formula is C17H30F3IN6O. The van der Waals surface area contributed by atoms with Crippen molar-refractivity contribution in [1.29, 1.82) is 0 Å². The molecule has 28 heavy (non-hydrogen) atoms. The van der Waals surface area contributed by atoms with Gasteiger partial charge in [0.2, 0.25) is 0 Å². The maximum atomic E-state index is 12.5. The highest BCUT2D eigenvalue weighted by molar-refractivity contribution is 14.0. The first-order chi connectivity index (χ1) is 12.6. The summed E-state index contributed by atoms with van der Waals surface area (Å²) in [4.78, 5) is 5.86. The Labute approximate surface area is 180 Å². The summed E-state index contributed by atoms with van der Waals surface area (Å²) >= 11 is 0. The Bertz CT molecular complexity index is 635. The zero-order valence-electron chi connectivity index (χ0n) is 16.5. The third-order valence-electron chi connectivity index (χ3n) is 4.55. The lowest BCUT2D eigenvalue weighted by Crippen LogP contribution is -2.41. The average Bonchev–Trinajstić information content (AvgIpc) is 3.18. The summed E-state index contributed by atoms with van der Waals surface area (Å²) in [6.07, 6.45) is -0.0975. The van der Waals surface area contributed by atoms with Gasteiger partial charge in [0.15, 0.2) is 5.96 Å². The van der Waals surface area contributed by atoms with E-state index >= 15 is 0 Å². The minimum absolute atomic E-state index is 0. The lowest BCUT2D eigenvalue weighted by molar-refractivity contribution is -0.143. The number of guanidine groups is 1. The predicted molar refractivity (Wildman–Crippen MR) is 113 cm³/mol. The molecular weight excluding hydrogens is 488 g/mol. The molecule has 0 spiro atoms. The molecule has 0 saturated carbocycles. The number of halogens is 4. The number of aliphatic imine (C=N–C) groups is 1. The molecule has 1 aromatic heterocycles. The van der Waals surface area contributed by atoms with Crippen LogP contribution in [0.3, 0.4) is 0 Å².